The van der Waals surface area contributed by atoms with E-state index in [0.717, 1.165) is 49.8 Å². The fraction of sp³-hybridized carbons (Fsp3) is 0.458. The monoisotopic (exact) mass is 453 g/mol. The average molecular weight is 454 g/mol. The van der Waals surface area contributed by atoms with Crippen molar-refractivity contribution in [2.24, 2.45) is 0 Å². The molecule has 2 aromatic heterocycles. The zero-order chi connectivity index (χ0) is 23.2. The lowest BCUT2D eigenvalue weighted by Crippen LogP contribution is -2.48. The molecule has 176 valence electrons. The molecule has 3 aromatic rings. The smallest absolute Gasteiger partial charge is 0.289 e. The van der Waals surface area contributed by atoms with Crippen LogP contribution in [0, 0.1) is 0 Å². The molecule has 0 radical (unpaired) electrons. The van der Waals surface area contributed by atoms with Gasteiger partial charge in [0.15, 0.2) is 5.76 Å². The fourth-order valence-corrected chi connectivity index (χ4v) is 3.88. The van der Waals surface area contributed by atoms with Crippen LogP contribution in [-0.4, -0.2) is 77.1 Å². The van der Waals surface area contributed by atoms with Gasteiger partial charge in [-0.25, -0.2) is 0 Å². The summed E-state index contributed by atoms with van der Waals surface area (Å²) in [6, 6.07) is 11.2. The summed E-state index contributed by atoms with van der Waals surface area (Å²) in [6.45, 7) is 10.1. The topological polar surface area (TPSA) is 88.1 Å². The number of rotatable bonds is 9. The Morgan fingerprint density at radius 2 is 1.79 bits per heavy atom. The standard InChI is InChI=1S/C24H31N5O4/c1-4-27(5-2)16-20-10-11-21(32-20)24(30)29-14-12-28(13-15-29)17-22-25-23(26-33-22)18-6-8-19(31-3)9-7-18/h6-11H,4-5,12-17H2,1-3H3. The van der Waals surface area contributed by atoms with Crippen LogP contribution in [-0.2, 0) is 13.1 Å². The number of furan rings is 1. The first-order valence-electron chi connectivity index (χ1n) is 11.4. The van der Waals surface area contributed by atoms with Crippen molar-refractivity contribution in [3.63, 3.8) is 0 Å². The third-order valence-electron chi connectivity index (χ3n) is 5.98. The van der Waals surface area contributed by atoms with Gasteiger partial charge in [0.1, 0.15) is 11.5 Å². The second-order valence-corrected chi connectivity index (χ2v) is 8.04. The van der Waals surface area contributed by atoms with Crippen molar-refractivity contribution < 1.29 is 18.5 Å². The van der Waals surface area contributed by atoms with E-state index in [-0.39, 0.29) is 5.91 Å². The summed E-state index contributed by atoms with van der Waals surface area (Å²) in [5.74, 6) is 3.08. The van der Waals surface area contributed by atoms with E-state index in [1.165, 1.54) is 0 Å². The molecule has 1 amide bonds. The number of methoxy groups -OCH3 is 1. The van der Waals surface area contributed by atoms with Crippen molar-refractivity contribution >= 4 is 5.91 Å². The zero-order valence-electron chi connectivity index (χ0n) is 19.5. The Bertz CT molecular complexity index is 1030. The molecular weight excluding hydrogens is 422 g/mol. The summed E-state index contributed by atoms with van der Waals surface area (Å²) in [7, 11) is 1.63. The molecule has 1 aliphatic rings. The Balaban J connectivity index is 1.28. The molecule has 0 spiro atoms. The highest BCUT2D eigenvalue weighted by Gasteiger charge is 2.25. The van der Waals surface area contributed by atoms with Crippen molar-refractivity contribution in [3.05, 3.63) is 53.8 Å². The summed E-state index contributed by atoms with van der Waals surface area (Å²) < 4.78 is 16.5. The van der Waals surface area contributed by atoms with Crippen LogP contribution in [0.3, 0.4) is 0 Å². The lowest BCUT2D eigenvalue weighted by molar-refractivity contribution is 0.0581. The van der Waals surface area contributed by atoms with Crippen LogP contribution in [0.4, 0.5) is 0 Å². The molecule has 33 heavy (non-hydrogen) atoms. The lowest BCUT2D eigenvalue weighted by atomic mass is 10.2. The highest BCUT2D eigenvalue weighted by molar-refractivity contribution is 5.91. The van der Waals surface area contributed by atoms with Crippen molar-refractivity contribution in [3.8, 4) is 17.1 Å². The van der Waals surface area contributed by atoms with E-state index in [1.807, 2.05) is 35.2 Å². The highest BCUT2D eigenvalue weighted by Crippen LogP contribution is 2.20. The molecule has 1 aromatic carbocycles. The number of aromatic nitrogens is 2. The number of nitrogens with zero attached hydrogens (tertiary/aromatic N) is 5. The molecule has 0 atom stereocenters. The van der Waals surface area contributed by atoms with Gasteiger partial charge in [0.2, 0.25) is 11.7 Å². The molecule has 1 saturated heterocycles. The number of carbonyl (C=O) groups is 1. The minimum Gasteiger partial charge on any atom is -0.497 e. The van der Waals surface area contributed by atoms with Crippen LogP contribution in [0.5, 0.6) is 5.75 Å². The number of benzene rings is 1. The first-order valence-corrected chi connectivity index (χ1v) is 11.4. The molecule has 0 saturated carbocycles. The van der Waals surface area contributed by atoms with Crippen LogP contribution in [0.15, 0.2) is 45.3 Å². The van der Waals surface area contributed by atoms with Gasteiger partial charge in [-0.05, 0) is 49.5 Å². The first kappa shape index (κ1) is 23.0. The lowest BCUT2D eigenvalue weighted by Gasteiger charge is -2.33. The van der Waals surface area contributed by atoms with Crippen LogP contribution in [0.2, 0.25) is 0 Å². The number of ether oxygens (including phenoxy) is 1. The van der Waals surface area contributed by atoms with Gasteiger partial charge in [-0.15, -0.1) is 0 Å². The Kier molecular flexibility index (Phi) is 7.41. The van der Waals surface area contributed by atoms with Crippen LogP contribution < -0.4 is 4.74 Å². The molecule has 9 heteroatoms. The van der Waals surface area contributed by atoms with Crippen molar-refractivity contribution in [2.45, 2.75) is 26.9 Å². The zero-order valence-corrected chi connectivity index (χ0v) is 19.5. The third kappa shape index (κ3) is 5.61. The summed E-state index contributed by atoms with van der Waals surface area (Å²) in [4.78, 5) is 23.7. The van der Waals surface area contributed by atoms with E-state index in [1.54, 1.807) is 13.2 Å². The summed E-state index contributed by atoms with van der Waals surface area (Å²) >= 11 is 0. The molecule has 1 aliphatic heterocycles. The number of piperazine rings is 1. The van der Waals surface area contributed by atoms with Gasteiger partial charge in [0.05, 0.1) is 20.2 Å². The Morgan fingerprint density at radius 1 is 1.06 bits per heavy atom. The molecule has 0 N–H and O–H groups in total. The minimum absolute atomic E-state index is 0.0555. The molecule has 1 fully saturated rings. The normalized spacial score (nSPS) is 14.7. The summed E-state index contributed by atoms with van der Waals surface area (Å²) in [5.41, 5.74) is 0.875. The first-order chi connectivity index (χ1) is 16.1. The Morgan fingerprint density at radius 3 is 2.45 bits per heavy atom. The summed E-state index contributed by atoms with van der Waals surface area (Å²) in [5, 5.41) is 4.09. The minimum atomic E-state index is -0.0555. The average Bonchev–Trinajstić information content (AvgIpc) is 3.52. The van der Waals surface area contributed by atoms with E-state index in [4.69, 9.17) is 13.7 Å². The maximum absolute atomic E-state index is 12.9. The van der Waals surface area contributed by atoms with Gasteiger partial charge in [-0.3, -0.25) is 14.6 Å². The SMILES string of the molecule is CCN(CC)Cc1ccc(C(=O)N2CCN(Cc3nc(-c4ccc(OC)cc4)no3)CC2)o1. The van der Waals surface area contributed by atoms with E-state index in [0.29, 0.717) is 37.1 Å². The largest absolute Gasteiger partial charge is 0.497 e. The van der Waals surface area contributed by atoms with Crippen LogP contribution >= 0.6 is 0 Å². The maximum Gasteiger partial charge on any atom is 0.289 e. The number of carbonyl (C=O) groups excluding carboxylic acids is 1. The molecule has 4 rings (SSSR count). The summed E-state index contributed by atoms with van der Waals surface area (Å²) in [6.07, 6.45) is 0. The van der Waals surface area contributed by atoms with Crippen molar-refractivity contribution in [2.75, 3.05) is 46.4 Å². The maximum atomic E-state index is 12.9. The number of hydrogen-bond donors (Lipinski definition) is 0. The van der Waals surface area contributed by atoms with Gasteiger partial charge < -0.3 is 18.6 Å². The van der Waals surface area contributed by atoms with Gasteiger partial charge in [-0.2, -0.15) is 4.98 Å². The van der Waals surface area contributed by atoms with Gasteiger partial charge in [-0.1, -0.05) is 19.0 Å². The highest BCUT2D eigenvalue weighted by atomic mass is 16.5. The number of hydrogen-bond acceptors (Lipinski definition) is 8. The van der Waals surface area contributed by atoms with E-state index < -0.39 is 0 Å². The molecular formula is C24H31N5O4. The quantitative estimate of drug-likeness (QED) is 0.488. The second-order valence-electron chi connectivity index (χ2n) is 8.04. The predicted octanol–water partition coefficient (Wildman–Crippen LogP) is 3.14. The Labute approximate surface area is 193 Å². The van der Waals surface area contributed by atoms with Crippen LogP contribution in [0.1, 0.15) is 36.1 Å². The van der Waals surface area contributed by atoms with E-state index in [9.17, 15) is 4.79 Å². The van der Waals surface area contributed by atoms with Gasteiger partial charge >= 0.3 is 0 Å². The van der Waals surface area contributed by atoms with Crippen LogP contribution in [0.25, 0.3) is 11.4 Å². The molecule has 0 unspecified atom stereocenters. The molecule has 3 heterocycles. The fourth-order valence-electron chi connectivity index (χ4n) is 3.88. The van der Waals surface area contributed by atoms with Crippen molar-refractivity contribution in [1.82, 2.24) is 24.8 Å². The van der Waals surface area contributed by atoms with Gasteiger partial charge in [0, 0.05) is 31.7 Å². The van der Waals surface area contributed by atoms with E-state index >= 15 is 0 Å². The van der Waals surface area contributed by atoms with Crippen molar-refractivity contribution in [1.29, 1.82) is 0 Å². The molecule has 0 aliphatic carbocycles. The third-order valence-corrected chi connectivity index (χ3v) is 5.98. The predicted molar refractivity (Wildman–Crippen MR) is 123 cm³/mol. The molecule has 9 nitrogen and oxygen atoms in total. The molecule has 0 bridgehead atoms. The van der Waals surface area contributed by atoms with Gasteiger partial charge in [0.25, 0.3) is 5.91 Å². The number of amides is 1. The second kappa shape index (κ2) is 10.6. The Hall–Kier alpha value is -3.17. The van der Waals surface area contributed by atoms with E-state index in [2.05, 4.69) is 33.8 Å².